The fourth-order valence-electron chi connectivity index (χ4n) is 2.35. The summed E-state index contributed by atoms with van der Waals surface area (Å²) in [5, 5.41) is 8.46. The number of nitrogens with two attached hydrogens (primary N) is 3. The highest BCUT2D eigenvalue weighted by Gasteiger charge is 2.40. The predicted molar refractivity (Wildman–Crippen MR) is 158 cm³/mol. The zero-order valence-electron chi connectivity index (χ0n) is 17.5. The van der Waals surface area contributed by atoms with Crippen LogP contribution in [0.1, 0.15) is 18.1 Å². The van der Waals surface area contributed by atoms with Gasteiger partial charge in [-0.2, -0.15) is 18.4 Å². The molecule has 33 heavy (non-hydrogen) atoms. The van der Waals surface area contributed by atoms with E-state index in [-0.39, 0.29) is 0 Å². The van der Waals surface area contributed by atoms with Gasteiger partial charge in [0.2, 0.25) is 0 Å². The Labute approximate surface area is 240 Å². The van der Waals surface area contributed by atoms with Crippen LogP contribution < -0.4 is 17.2 Å². The van der Waals surface area contributed by atoms with Crippen molar-refractivity contribution >= 4 is 95.1 Å². The van der Waals surface area contributed by atoms with E-state index < -0.39 is 21.2 Å². The van der Waals surface area contributed by atoms with E-state index in [1.807, 2.05) is 47.7 Å². The summed E-state index contributed by atoms with van der Waals surface area (Å²) < 4.78 is 39.2. The second-order valence-corrected chi connectivity index (χ2v) is 12.8. The molecule has 0 saturated carbocycles. The lowest BCUT2D eigenvalue weighted by Crippen LogP contribution is -2.42. The van der Waals surface area contributed by atoms with Gasteiger partial charge < -0.3 is 17.2 Å². The number of nitrogens with zero attached hydrogens (tertiary/aromatic N) is 1. The van der Waals surface area contributed by atoms with Crippen molar-refractivity contribution < 1.29 is 13.2 Å². The van der Waals surface area contributed by atoms with Crippen LogP contribution in [0.2, 0.25) is 0 Å². The molecule has 2 aromatic carbocycles. The summed E-state index contributed by atoms with van der Waals surface area (Å²) >= 11 is 9.45. The average Bonchev–Trinajstić information content (AvgIpc) is 2.71. The third-order valence-corrected chi connectivity index (χ3v) is 7.63. The topological polar surface area (TPSA) is 102 Å². The van der Waals surface area contributed by atoms with Gasteiger partial charge in [-0.1, -0.05) is 44.6 Å². The second-order valence-electron chi connectivity index (χ2n) is 7.10. The molecule has 0 heterocycles. The molecule has 0 spiro atoms. The van der Waals surface area contributed by atoms with Crippen molar-refractivity contribution in [1.29, 1.82) is 5.26 Å². The van der Waals surface area contributed by atoms with Crippen LogP contribution in [0.3, 0.4) is 0 Å². The van der Waals surface area contributed by atoms with Gasteiger partial charge >= 0.3 is 6.18 Å². The molecule has 0 aliphatic heterocycles. The van der Waals surface area contributed by atoms with Gasteiger partial charge in [-0.15, -0.1) is 0 Å². The molecule has 11 heteroatoms. The Morgan fingerprint density at radius 2 is 1.67 bits per heavy atom. The first-order valence-electron chi connectivity index (χ1n) is 9.17. The summed E-state index contributed by atoms with van der Waals surface area (Å²) in [6.45, 7) is 3.55. The summed E-state index contributed by atoms with van der Waals surface area (Å²) in [7, 11) is 0. The van der Waals surface area contributed by atoms with Gasteiger partial charge in [0.25, 0.3) is 0 Å². The number of nitrogen functional groups attached to an aromatic ring is 2. The number of nitriles is 1. The van der Waals surface area contributed by atoms with E-state index in [0.717, 1.165) is 32.7 Å². The smallest absolute Gasteiger partial charge is 0.399 e. The van der Waals surface area contributed by atoms with Crippen LogP contribution in [-0.2, 0) is 0 Å². The molecule has 0 fully saturated rings. The van der Waals surface area contributed by atoms with Gasteiger partial charge in [0, 0.05) is 23.0 Å². The number of anilines is 2. The van der Waals surface area contributed by atoms with Crippen molar-refractivity contribution in [3.63, 3.8) is 0 Å². The third kappa shape index (κ3) is 9.90. The molecule has 0 amide bonds. The molecule has 4 nitrogen and oxygen atoms in total. The number of rotatable bonds is 0. The Balaban J connectivity index is 0.000000255. The largest absolute Gasteiger partial charge is 0.416 e. The van der Waals surface area contributed by atoms with Crippen molar-refractivity contribution in [3.8, 4) is 6.07 Å². The number of hydrogen-bond donors (Lipinski definition) is 3. The number of allylic oxidation sites excluding steroid dienone is 2. The highest BCUT2D eigenvalue weighted by atomic mass is 127. The van der Waals surface area contributed by atoms with Crippen molar-refractivity contribution in [2.45, 2.75) is 29.5 Å². The highest BCUT2D eigenvalue weighted by molar-refractivity contribution is 14.1. The van der Waals surface area contributed by atoms with E-state index in [1.165, 1.54) is 3.57 Å². The number of halogens is 7. The van der Waals surface area contributed by atoms with Crippen molar-refractivity contribution in [1.82, 2.24) is 0 Å². The Morgan fingerprint density at radius 3 is 2.09 bits per heavy atom. The summed E-state index contributed by atoms with van der Waals surface area (Å²) in [5.74, 6) is 0. The van der Waals surface area contributed by atoms with Gasteiger partial charge in [-0.25, -0.2) is 0 Å². The first-order chi connectivity index (χ1) is 15.1. The number of benzene rings is 2. The van der Waals surface area contributed by atoms with Gasteiger partial charge in [-0.05, 0) is 107 Å². The van der Waals surface area contributed by atoms with Crippen LogP contribution >= 0.6 is 83.7 Å². The van der Waals surface area contributed by atoms with E-state index in [0.29, 0.717) is 10.0 Å². The maximum absolute atomic E-state index is 12.4. The zero-order chi connectivity index (χ0) is 25.6. The molecule has 1 aliphatic rings. The Morgan fingerprint density at radius 1 is 1.09 bits per heavy atom. The molecule has 0 bridgehead atoms. The number of aryl methyl sites for hydroxylation is 1. The molecule has 2 atom stereocenters. The molecule has 1 aliphatic carbocycles. The van der Waals surface area contributed by atoms with Crippen LogP contribution in [0.15, 0.2) is 58.6 Å². The molecule has 6 N–H and O–H groups in total. The molecule has 2 aromatic rings. The van der Waals surface area contributed by atoms with Gasteiger partial charge in [0.05, 0.1) is 26.7 Å². The van der Waals surface area contributed by atoms with Gasteiger partial charge in [0.1, 0.15) is 0 Å². The fraction of sp³-hybridized carbons (Fsp3) is 0.227. The van der Waals surface area contributed by atoms with Crippen molar-refractivity contribution in [3.05, 3.63) is 76.9 Å². The number of alkyl halides is 4. The predicted octanol–water partition coefficient (Wildman–Crippen LogP) is 7.22. The average molecular weight is 859 g/mol. The molecule has 178 valence electrons. The standard InChI is InChI=1S/C8H8BrF3IN.C8H8N2.C6H5I2N/c1-7(13)3-4(8(10,11)12)2-5(9)6(7)14;1-6-4-7(5-9)2-3-8(6)10;7-4-1-2-6(9)5(8)3-4/h2-3,6H,14H2,1H3;2-4H,10H2,1H3;1-3H,9H2. The van der Waals surface area contributed by atoms with Crippen LogP contribution in [0, 0.1) is 25.4 Å². The summed E-state index contributed by atoms with van der Waals surface area (Å²) in [4.78, 5) is 0. The van der Waals surface area contributed by atoms with Crippen molar-refractivity contribution in [2.24, 2.45) is 5.73 Å². The van der Waals surface area contributed by atoms with Crippen LogP contribution in [0.4, 0.5) is 24.5 Å². The Kier molecular flexibility index (Phi) is 11.9. The number of hydrogen-bond acceptors (Lipinski definition) is 4. The van der Waals surface area contributed by atoms with Crippen molar-refractivity contribution in [2.75, 3.05) is 11.5 Å². The van der Waals surface area contributed by atoms with Gasteiger partial charge in [0.15, 0.2) is 0 Å². The van der Waals surface area contributed by atoms with E-state index in [1.54, 1.807) is 25.1 Å². The van der Waals surface area contributed by atoms with E-state index in [9.17, 15) is 13.2 Å². The fourth-order valence-corrected chi connectivity index (χ4v) is 5.78. The molecular formula is C22H21BrF3I3N4. The van der Waals surface area contributed by atoms with E-state index >= 15 is 0 Å². The quantitative estimate of drug-likeness (QED) is 0.148. The Bertz CT molecular complexity index is 1090. The third-order valence-electron chi connectivity index (χ3n) is 4.33. The lowest BCUT2D eigenvalue weighted by atomic mass is 9.93. The normalized spacial score (nSPS) is 19.6. The van der Waals surface area contributed by atoms with Crippen LogP contribution in [0.5, 0.6) is 0 Å². The highest BCUT2D eigenvalue weighted by Crippen LogP contribution is 2.40. The lowest BCUT2D eigenvalue weighted by molar-refractivity contribution is -0.0888. The minimum absolute atomic E-state index is 0.379. The minimum atomic E-state index is -4.31. The summed E-state index contributed by atoms with van der Waals surface area (Å²) in [5.41, 5.74) is 19.4. The first-order valence-corrected chi connectivity index (χ1v) is 13.2. The van der Waals surface area contributed by atoms with Crippen LogP contribution in [0.25, 0.3) is 0 Å². The molecule has 0 radical (unpaired) electrons. The lowest BCUT2D eigenvalue weighted by Gasteiger charge is -2.31. The van der Waals surface area contributed by atoms with E-state index in [2.05, 4.69) is 67.2 Å². The molecular weight excluding hydrogens is 838 g/mol. The molecule has 0 aromatic heterocycles. The summed E-state index contributed by atoms with van der Waals surface area (Å²) in [6, 6.07) is 12.8. The maximum atomic E-state index is 12.4. The summed E-state index contributed by atoms with van der Waals surface area (Å²) in [6.07, 6.45) is -2.13. The van der Waals surface area contributed by atoms with Crippen LogP contribution in [-0.4, -0.2) is 15.6 Å². The molecule has 2 unspecified atom stereocenters. The zero-order valence-corrected chi connectivity index (χ0v) is 25.6. The second kappa shape index (κ2) is 12.9. The van der Waals surface area contributed by atoms with Gasteiger partial charge in [-0.3, -0.25) is 0 Å². The Hall–Kier alpha value is -0.570. The monoisotopic (exact) mass is 858 g/mol. The van der Waals surface area contributed by atoms with E-state index in [4.69, 9.17) is 22.5 Å². The molecule has 3 rings (SSSR count). The minimum Gasteiger partial charge on any atom is -0.399 e. The molecule has 0 saturated heterocycles. The maximum Gasteiger partial charge on any atom is 0.416 e. The first kappa shape index (κ1) is 30.5. The SMILES string of the molecule is CC1(I)C=C(C(F)(F)F)C=C(Br)C1N.Cc1cc(C#N)ccc1N.Nc1ccc(I)cc1I.